The predicted octanol–water partition coefficient (Wildman–Crippen LogP) is 5.68. The van der Waals surface area contributed by atoms with Gasteiger partial charge >= 0.3 is 0 Å². The van der Waals surface area contributed by atoms with Crippen LogP contribution in [-0.2, 0) is 0 Å². The Morgan fingerprint density at radius 3 is 1.50 bits per heavy atom. The number of aryl methyl sites for hydroxylation is 2. The van der Waals surface area contributed by atoms with Gasteiger partial charge in [0.2, 0.25) is 0 Å². The highest BCUT2D eigenvalue weighted by molar-refractivity contribution is 5.72. The molecule has 2 radical (unpaired) electrons. The third kappa shape index (κ3) is 2.14. The number of fused-ring (bicyclic) bond motifs is 2. The Bertz CT molecular complexity index is 709. The third-order valence-corrected chi connectivity index (χ3v) is 4.84. The van der Waals surface area contributed by atoms with E-state index in [1.807, 2.05) is 0 Å². The molecule has 22 heavy (non-hydrogen) atoms. The van der Waals surface area contributed by atoms with E-state index in [0.717, 1.165) is 12.8 Å². The van der Waals surface area contributed by atoms with E-state index in [1.165, 1.54) is 45.2 Å². The van der Waals surface area contributed by atoms with E-state index in [2.05, 4.69) is 74.5 Å². The van der Waals surface area contributed by atoms with Crippen molar-refractivity contribution < 1.29 is 0 Å². The van der Waals surface area contributed by atoms with Crippen LogP contribution in [0.25, 0.3) is 12.2 Å². The summed E-state index contributed by atoms with van der Waals surface area (Å²) in [6.45, 7) is 4.43. The molecule has 2 aliphatic carbocycles. The van der Waals surface area contributed by atoms with E-state index < -0.39 is 0 Å². The lowest BCUT2D eigenvalue weighted by atomic mass is 9.86. The molecule has 2 aromatic carbocycles. The Labute approximate surface area is 133 Å². The van der Waals surface area contributed by atoms with Crippen molar-refractivity contribution in [2.75, 3.05) is 0 Å². The number of allylic oxidation sites excluding steroid dienone is 2. The Balaban J connectivity index is 1.53. The molecule has 0 amide bonds. The van der Waals surface area contributed by atoms with E-state index in [1.54, 1.807) is 0 Å². The van der Waals surface area contributed by atoms with Crippen LogP contribution >= 0.6 is 0 Å². The van der Waals surface area contributed by atoms with Gasteiger partial charge in [-0.1, -0.05) is 60.7 Å². The first-order chi connectivity index (χ1) is 10.7. The van der Waals surface area contributed by atoms with Crippen LogP contribution in [0.5, 0.6) is 0 Å². The molecule has 0 saturated carbocycles. The minimum Gasteiger partial charge on any atom is -0.0721 e. The minimum atomic E-state index is 1.11. The van der Waals surface area contributed by atoms with Crippen LogP contribution < -0.4 is 0 Å². The maximum Gasteiger partial charge on any atom is 0.0276 e. The summed E-state index contributed by atoms with van der Waals surface area (Å²) in [5.41, 5.74) is 8.43. The number of hydrogen-bond donors (Lipinski definition) is 0. The molecule has 0 spiro atoms. The zero-order chi connectivity index (χ0) is 15.1. The summed E-state index contributed by atoms with van der Waals surface area (Å²) in [4.78, 5) is 0. The van der Waals surface area contributed by atoms with Crippen molar-refractivity contribution in [2.45, 2.75) is 26.7 Å². The van der Waals surface area contributed by atoms with Crippen LogP contribution in [0.4, 0.5) is 0 Å². The molecule has 0 unspecified atom stereocenters. The molecule has 0 nitrogen and oxygen atoms in total. The highest BCUT2D eigenvalue weighted by Gasteiger charge is 2.24. The lowest BCUT2D eigenvalue weighted by Gasteiger charge is -2.17. The Kier molecular flexibility index (Phi) is 3.26. The fraction of sp³-hybridized carbons (Fsp3) is 0.182. The standard InChI is InChI=1S/C22H20/c1-15-5-3-7-17-9-11-19(21(15)17)13-14-20-12-10-18-8-4-6-16(2)22(18)20/h3-12H,13-14H2,1-2H3. The van der Waals surface area contributed by atoms with Crippen molar-refractivity contribution in [1.82, 2.24) is 0 Å². The van der Waals surface area contributed by atoms with Gasteiger partial charge in [-0.3, -0.25) is 0 Å². The molecule has 0 aromatic heterocycles. The summed E-state index contributed by atoms with van der Waals surface area (Å²) in [6.07, 6.45) is 11.3. The predicted molar refractivity (Wildman–Crippen MR) is 94.4 cm³/mol. The first-order valence-corrected chi connectivity index (χ1v) is 8.02. The molecule has 0 heteroatoms. The van der Waals surface area contributed by atoms with Crippen LogP contribution in [0.1, 0.15) is 46.2 Å². The third-order valence-electron chi connectivity index (χ3n) is 4.84. The summed E-state index contributed by atoms with van der Waals surface area (Å²) < 4.78 is 0. The topological polar surface area (TPSA) is 0 Å². The van der Waals surface area contributed by atoms with Gasteiger partial charge in [0.15, 0.2) is 0 Å². The van der Waals surface area contributed by atoms with Crippen molar-refractivity contribution in [2.24, 2.45) is 0 Å². The lowest BCUT2D eigenvalue weighted by molar-refractivity contribution is 0.845. The van der Waals surface area contributed by atoms with Gasteiger partial charge in [-0.15, -0.1) is 0 Å². The van der Waals surface area contributed by atoms with E-state index >= 15 is 0 Å². The monoisotopic (exact) mass is 284 g/mol. The normalized spacial score (nSPS) is 16.3. The highest BCUT2D eigenvalue weighted by atomic mass is 14.3. The summed E-state index contributed by atoms with van der Waals surface area (Å²) in [5.74, 6) is 2.96. The minimum absolute atomic E-state index is 1.11. The van der Waals surface area contributed by atoms with Crippen LogP contribution in [0.15, 0.2) is 48.6 Å². The zero-order valence-electron chi connectivity index (χ0n) is 13.2. The Morgan fingerprint density at radius 1 is 0.591 bits per heavy atom. The SMILES string of the molecule is Cc1cccc2c1[C](CC[C]1C=Cc3cccc(C)c31)C=C2. The van der Waals surface area contributed by atoms with Crippen molar-refractivity contribution >= 4 is 12.2 Å². The lowest BCUT2D eigenvalue weighted by Crippen LogP contribution is -2.03. The van der Waals surface area contributed by atoms with Crippen molar-refractivity contribution in [3.05, 3.63) is 93.8 Å². The van der Waals surface area contributed by atoms with Crippen LogP contribution in [0, 0.1) is 25.7 Å². The Morgan fingerprint density at radius 2 is 1.05 bits per heavy atom. The average molecular weight is 284 g/mol. The van der Waals surface area contributed by atoms with E-state index in [9.17, 15) is 0 Å². The van der Waals surface area contributed by atoms with Gasteiger partial charge in [-0.05, 0) is 60.1 Å². The fourth-order valence-electron chi connectivity index (χ4n) is 3.77. The molecule has 0 heterocycles. The molecule has 108 valence electrons. The van der Waals surface area contributed by atoms with Gasteiger partial charge in [0.25, 0.3) is 0 Å². The summed E-state index contributed by atoms with van der Waals surface area (Å²) in [6, 6.07) is 13.2. The quantitative estimate of drug-likeness (QED) is 0.680. The number of rotatable bonds is 3. The van der Waals surface area contributed by atoms with Gasteiger partial charge in [0.1, 0.15) is 0 Å². The molecule has 0 bridgehead atoms. The van der Waals surface area contributed by atoms with Gasteiger partial charge in [-0.2, -0.15) is 0 Å². The summed E-state index contributed by atoms with van der Waals surface area (Å²) >= 11 is 0. The molecule has 0 fully saturated rings. The van der Waals surface area contributed by atoms with Gasteiger partial charge < -0.3 is 0 Å². The molecular formula is C22H20. The second-order valence-electron chi connectivity index (χ2n) is 6.30. The van der Waals surface area contributed by atoms with Crippen LogP contribution in [-0.4, -0.2) is 0 Å². The van der Waals surface area contributed by atoms with Gasteiger partial charge in [-0.25, -0.2) is 0 Å². The first kappa shape index (κ1) is 13.6. The van der Waals surface area contributed by atoms with Gasteiger partial charge in [0.05, 0.1) is 0 Å². The van der Waals surface area contributed by atoms with Crippen molar-refractivity contribution in [3.63, 3.8) is 0 Å². The first-order valence-electron chi connectivity index (χ1n) is 8.02. The highest BCUT2D eigenvalue weighted by Crippen LogP contribution is 2.40. The second-order valence-corrected chi connectivity index (χ2v) is 6.30. The number of benzene rings is 2. The molecule has 4 rings (SSSR count). The van der Waals surface area contributed by atoms with E-state index in [-0.39, 0.29) is 0 Å². The molecule has 0 atom stereocenters. The molecule has 2 aliphatic rings. The maximum atomic E-state index is 2.30. The van der Waals surface area contributed by atoms with E-state index in [0.29, 0.717) is 0 Å². The fourth-order valence-corrected chi connectivity index (χ4v) is 3.77. The molecule has 2 aromatic rings. The summed E-state index contributed by atoms with van der Waals surface area (Å²) in [5, 5.41) is 0. The average Bonchev–Trinajstić information content (AvgIpc) is 3.11. The van der Waals surface area contributed by atoms with Crippen molar-refractivity contribution in [3.8, 4) is 0 Å². The maximum absolute atomic E-state index is 2.30. The molecular weight excluding hydrogens is 264 g/mol. The number of hydrogen-bond acceptors (Lipinski definition) is 0. The second kappa shape index (κ2) is 5.28. The van der Waals surface area contributed by atoms with Gasteiger partial charge in [0, 0.05) is 11.8 Å². The van der Waals surface area contributed by atoms with Crippen LogP contribution in [0.2, 0.25) is 0 Å². The molecule has 0 aliphatic heterocycles. The molecule has 0 saturated heterocycles. The summed E-state index contributed by atoms with van der Waals surface area (Å²) in [7, 11) is 0. The molecule has 0 N–H and O–H groups in total. The Hall–Kier alpha value is -2.08. The van der Waals surface area contributed by atoms with Crippen LogP contribution in [0.3, 0.4) is 0 Å². The van der Waals surface area contributed by atoms with E-state index in [4.69, 9.17) is 0 Å². The van der Waals surface area contributed by atoms with Crippen molar-refractivity contribution in [1.29, 1.82) is 0 Å². The smallest absolute Gasteiger partial charge is 0.0276 e. The zero-order valence-corrected chi connectivity index (χ0v) is 13.2. The largest absolute Gasteiger partial charge is 0.0721 e.